The minimum atomic E-state index is 0.311. The van der Waals surface area contributed by atoms with Crippen LogP contribution in [0.4, 0.5) is 11.5 Å². The molecule has 1 rings (SSSR count). The Kier molecular flexibility index (Phi) is 6.51. The Hall–Kier alpha value is -1.56. The van der Waals surface area contributed by atoms with Crippen molar-refractivity contribution in [2.75, 3.05) is 44.4 Å². The average molecular weight is 281 g/mol. The molecule has 6 heteroatoms. The van der Waals surface area contributed by atoms with Crippen LogP contribution in [0.3, 0.4) is 0 Å². The van der Waals surface area contributed by atoms with Gasteiger partial charge < -0.3 is 20.3 Å². The molecular formula is C14H27N5O. The molecule has 1 heterocycles. The molecule has 0 saturated carbocycles. The Bertz CT molecular complexity index is 411. The van der Waals surface area contributed by atoms with Crippen LogP contribution in [0.15, 0.2) is 6.33 Å². The van der Waals surface area contributed by atoms with E-state index >= 15 is 0 Å². The van der Waals surface area contributed by atoms with Gasteiger partial charge in [0.2, 0.25) is 5.88 Å². The molecule has 6 nitrogen and oxygen atoms in total. The Morgan fingerprint density at radius 3 is 2.55 bits per heavy atom. The van der Waals surface area contributed by atoms with Crippen LogP contribution < -0.4 is 15.4 Å². The monoisotopic (exact) mass is 281 g/mol. The highest BCUT2D eigenvalue weighted by molar-refractivity contribution is 5.68. The van der Waals surface area contributed by atoms with Crippen LogP contribution in [0.5, 0.6) is 5.88 Å². The summed E-state index contributed by atoms with van der Waals surface area (Å²) >= 11 is 0. The first-order valence-corrected chi connectivity index (χ1v) is 7.15. The fraction of sp³-hybridized carbons (Fsp3) is 0.714. The SMILES string of the molecule is CCCOc1ncnc(N(CC)C(C)CN(C)C)c1N. The van der Waals surface area contributed by atoms with Gasteiger partial charge in [-0.3, -0.25) is 0 Å². The van der Waals surface area contributed by atoms with E-state index in [0.717, 1.165) is 25.3 Å². The third kappa shape index (κ3) is 4.23. The van der Waals surface area contributed by atoms with Gasteiger partial charge in [-0.25, -0.2) is 4.98 Å². The van der Waals surface area contributed by atoms with Gasteiger partial charge >= 0.3 is 0 Å². The molecule has 114 valence electrons. The lowest BCUT2D eigenvalue weighted by Crippen LogP contribution is -2.41. The van der Waals surface area contributed by atoms with Crippen LogP contribution in [-0.2, 0) is 0 Å². The average Bonchev–Trinajstić information content (AvgIpc) is 2.39. The minimum absolute atomic E-state index is 0.311. The van der Waals surface area contributed by atoms with E-state index in [4.69, 9.17) is 10.5 Å². The highest BCUT2D eigenvalue weighted by Gasteiger charge is 2.20. The summed E-state index contributed by atoms with van der Waals surface area (Å²) in [6.07, 6.45) is 2.44. The van der Waals surface area contributed by atoms with Crippen LogP contribution in [0, 0.1) is 0 Å². The molecule has 2 N–H and O–H groups in total. The Morgan fingerprint density at radius 1 is 1.30 bits per heavy atom. The number of aromatic nitrogens is 2. The van der Waals surface area contributed by atoms with Crippen molar-refractivity contribution in [2.45, 2.75) is 33.2 Å². The van der Waals surface area contributed by atoms with Gasteiger partial charge in [0.15, 0.2) is 5.82 Å². The summed E-state index contributed by atoms with van der Waals surface area (Å²) < 4.78 is 5.57. The van der Waals surface area contributed by atoms with Crippen molar-refractivity contribution in [1.82, 2.24) is 14.9 Å². The predicted molar refractivity (Wildman–Crippen MR) is 83.3 cm³/mol. The normalized spacial score (nSPS) is 12.5. The lowest BCUT2D eigenvalue weighted by molar-refractivity contribution is 0.306. The van der Waals surface area contributed by atoms with Crippen molar-refractivity contribution in [3.05, 3.63) is 6.33 Å². The number of nitrogens with zero attached hydrogens (tertiary/aromatic N) is 4. The molecule has 0 aliphatic heterocycles. The Morgan fingerprint density at radius 2 is 2.00 bits per heavy atom. The predicted octanol–water partition coefficient (Wildman–Crippen LogP) is 1.62. The number of anilines is 2. The van der Waals surface area contributed by atoms with Gasteiger partial charge in [-0.1, -0.05) is 6.92 Å². The molecule has 1 atom stereocenters. The molecule has 1 aromatic rings. The number of nitrogen functional groups attached to an aromatic ring is 1. The van der Waals surface area contributed by atoms with Crippen LogP contribution in [-0.4, -0.2) is 54.7 Å². The summed E-state index contributed by atoms with van der Waals surface area (Å²) in [5.41, 5.74) is 6.69. The van der Waals surface area contributed by atoms with E-state index in [2.05, 4.69) is 54.6 Å². The van der Waals surface area contributed by atoms with Gasteiger partial charge in [0.05, 0.1) is 6.61 Å². The van der Waals surface area contributed by atoms with Gasteiger partial charge in [-0.15, -0.1) is 0 Å². The number of nitrogens with two attached hydrogens (primary N) is 1. The number of ether oxygens (including phenoxy) is 1. The van der Waals surface area contributed by atoms with Gasteiger partial charge in [0, 0.05) is 19.1 Å². The van der Waals surface area contributed by atoms with Crippen molar-refractivity contribution < 1.29 is 4.74 Å². The molecule has 0 fully saturated rings. The summed E-state index contributed by atoms with van der Waals surface area (Å²) in [5, 5.41) is 0. The van der Waals surface area contributed by atoms with Crippen LogP contribution in [0.25, 0.3) is 0 Å². The van der Waals surface area contributed by atoms with E-state index in [1.165, 1.54) is 6.33 Å². The lowest BCUT2D eigenvalue weighted by atomic mass is 10.2. The quantitative estimate of drug-likeness (QED) is 0.781. The van der Waals surface area contributed by atoms with Gasteiger partial charge in [0.25, 0.3) is 0 Å². The van der Waals surface area contributed by atoms with Crippen LogP contribution >= 0.6 is 0 Å². The second-order valence-electron chi connectivity index (χ2n) is 5.16. The van der Waals surface area contributed by atoms with Gasteiger partial charge in [-0.2, -0.15) is 4.98 Å². The van der Waals surface area contributed by atoms with E-state index in [0.29, 0.717) is 24.2 Å². The van der Waals surface area contributed by atoms with Crippen molar-refractivity contribution in [3.63, 3.8) is 0 Å². The molecule has 0 radical (unpaired) electrons. The number of hydrogen-bond acceptors (Lipinski definition) is 6. The Balaban J connectivity index is 2.97. The van der Waals surface area contributed by atoms with Crippen LogP contribution in [0.2, 0.25) is 0 Å². The van der Waals surface area contributed by atoms with E-state index < -0.39 is 0 Å². The van der Waals surface area contributed by atoms with Gasteiger partial charge in [0.1, 0.15) is 12.0 Å². The number of likely N-dealkylation sites (N-methyl/N-ethyl adjacent to an activating group) is 2. The molecule has 0 aromatic carbocycles. The Labute approximate surface area is 121 Å². The molecule has 0 aliphatic carbocycles. The fourth-order valence-corrected chi connectivity index (χ4v) is 2.21. The molecule has 0 saturated heterocycles. The summed E-state index contributed by atoms with van der Waals surface area (Å²) in [4.78, 5) is 12.8. The zero-order valence-corrected chi connectivity index (χ0v) is 13.3. The summed E-state index contributed by atoms with van der Waals surface area (Å²) in [5.74, 6) is 1.23. The fourth-order valence-electron chi connectivity index (χ4n) is 2.21. The summed E-state index contributed by atoms with van der Waals surface area (Å²) in [6.45, 7) is 8.69. The second kappa shape index (κ2) is 7.89. The maximum atomic E-state index is 6.16. The topological polar surface area (TPSA) is 67.5 Å². The van der Waals surface area contributed by atoms with Crippen molar-refractivity contribution in [2.24, 2.45) is 0 Å². The molecule has 20 heavy (non-hydrogen) atoms. The highest BCUT2D eigenvalue weighted by atomic mass is 16.5. The maximum Gasteiger partial charge on any atom is 0.242 e. The molecule has 0 aliphatic rings. The molecule has 0 amide bonds. The molecular weight excluding hydrogens is 254 g/mol. The van der Waals surface area contributed by atoms with E-state index in [-0.39, 0.29) is 0 Å². The first-order chi connectivity index (χ1) is 9.51. The molecule has 0 bridgehead atoms. The van der Waals surface area contributed by atoms with E-state index in [9.17, 15) is 0 Å². The largest absolute Gasteiger partial charge is 0.476 e. The van der Waals surface area contributed by atoms with Crippen molar-refractivity contribution in [3.8, 4) is 5.88 Å². The first kappa shape index (κ1) is 16.5. The number of hydrogen-bond donors (Lipinski definition) is 1. The molecule has 1 unspecified atom stereocenters. The first-order valence-electron chi connectivity index (χ1n) is 7.15. The summed E-state index contributed by atoms with van der Waals surface area (Å²) in [6, 6.07) is 0.311. The van der Waals surface area contributed by atoms with E-state index in [1.807, 2.05) is 0 Å². The smallest absolute Gasteiger partial charge is 0.242 e. The maximum absolute atomic E-state index is 6.16. The second-order valence-corrected chi connectivity index (χ2v) is 5.16. The van der Waals surface area contributed by atoms with E-state index in [1.54, 1.807) is 0 Å². The third-order valence-electron chi connectivity index (χ3n) is 3.04. The lowest BCUT2D eigenvalue weighted by Gasteiger charge is -2.31. The number of rotatable bonds is 8. The highest BCUT2D eigenvalue weighted by Crippen LogP contribution is 2.29. The third-order valence-corrected chi connectivity index (χ3v) is 3.04. The van der Waals surface area contributed by atoms with Gasteiger partial charge in [-0.05, 0) is 34.4 Å². The molecule has 1 aromatic heterocycles. The minimum Gasteiger partial charge on any atom is -0.476 e. The zero-order valence-electron chi connectivity index (χ0n) is 13.3. The molecule has 0 spiro atoms. The van der Waals surface area contributed by atoms with Crippen molar-refractivity contribution in [1.29, 1.82) is 0 Å². The van der Waals surface area contributed by atoms with Crippen molar-refractivity contribution >= 4 is 11.5 Å². The summed E-state index contributed by atoms with van der Waals surface area (Å²) in [7, 11) is 4.12. The van der Waals surface area contributed by atoms with Crippen LogP contribution in [0.1, 0.15) is 27.2 Å². The standard InChI is InChI=1S/C14H27N5O/c1-6-8-20-14-12(15)13(16-10-17-14)19(7-2)11(3)9-18(4)5/h10-11H,6-9,15H2,1-5H3. The zero-order chi connectivity index (χ0) is 15.1.